The van der Waals surface area contributed by atoms with Gasteiger partial charge in [0.25, 0.3) is 0 Å². The van der Waals surface area contributed by atoms with Gasteiger partial charge in [-0.2, -0.15) is 15.8 Å². The lowest BCUT2D eigenvalue weighted by Crippen LogP contribution is -2.00. The summed E-state index contributed by atoms with van der Waals surface area (Å²) in [6.45, 7) is 0. The summed E-state index contributed by atoms with van der Waals surface area (Å²) in [6.07, 6.45) is 0. The van der Waals surface area contributed by atoms with Gasteiger partial charge in [0.1, 0.15) is 6.07 Å². The Hall–Kier alpha value is -7.39. The van der Waals surface area contributed by atoms with Gasteiger partial charge >= 0.3 is 0 Å². The second-order valence-corrected chi connectivity index (χ2v) is 12.3. The summed E-state index contributed by atoms with van der Waals surface area (Å²) in [5.41, 5.74) is 11.0. The van der Waals surface area contributed by atoms with Crippen LogP contribution in [0.4, 0.5) is 0 Å². The molecule has 7 aromatic carbocycles. The van der Waals surface area contributed by atoms with Crippen LogP contribution in [0.2, 0.25) is 0 Å². The van der Waals surface area contributed by atoms with Gasteiger partial charge in [-0.15, -0.1) is 0 Å². The summed E-state index contributed by atoms with van der Waals surface area (Å²) in [5, 5.41) is 34.8. The highest BCUT2D eigenvalue weighted by Crippen LogP contribution is 2.40. The van der Waals surface area contributed by atoms with E-state index in [2.05, 4.69) is 75.9 Å². The monoisotopic (exact) mass is 635 g/mol. The van der Waals surface area contributed by atoms with Gasteiger partial charge in [0.05, 0.1) is 62.3 Å². The molecule has 0 spiro atoms. The smallest absolute Gasteiger partial charge is 0.101 e. The van der Waals surface area contributed by atoms with Gasteiger partial charge in [-0.25, -0.2) is 0 Å². The van der Waals surface area contributed by atoms with E-state index in [1.54, 1.807) is 0 Å². The molecule has 0 saturated carbocycles. The third-order valence-electron chi connectivity index (χ3n) is 9.63. The summed E-state index contributed by atoms with van der Waals surface area (Å²) in [4.78, 5) is 0. The Bertz CT molecular complexity index is 2920. The number of aromatic nitrogens is 2. The van der Waals surface area contributed by atoms with E-state index >= 15 is 0 Å². The zero-order chi connectivity index (χ0) is 33.8. The average molecular weight is 636 g/mol. The Kier molecular flexibility index (Phi) is 6.56. The Balaban J connectivity index is 1.22. The minimum Gasteiger partial charge on any atom is -0.309 e. The van der Waals surface area contributed by atoms with Crippen LogP contribution in [0.1, 0.15) is 16.7 Å². The highest BCUT2D eigenvalue weighted by atomic mass is 15.0. The van der Waals surface area contributed by atoms with Crippen LogP contribution in [0, 0.1) is 34.0 Å². The van der Waals surface area contributed by atoms with Crippen molar-refractivity contribution in [1.29, 1.82) is 15.8 Å². The fraction of sp³-hybridized carbons (Fsp3) is 0. The maximum atomic E-state index is 10.5. The van der Waals surface area contributed by atoms with Gasteiger partial charge in [-0.05, 0) is 83.4 Å². The summed E-state index contributed by atoms with van der Waals surface area (Å²) >= 11 is 0. The molecule has 230 valence electrons. The number of hydrogen-bond acceptors (Lipinski definition) is 3. The van der Waals surface area contributed by atoms with E-state index in [1.807, 2.05) is 103 Å². The number of benzene rings is 7. The van der Waals surface area contributed by atoms with E-state index < -0.39 is 0 Å². The van der Waals surface area contributed by atoms with Crippen molar-refractivity contribution in [3.05, 3.63) is 168 Å². The fourth-order valence-electron chi connectivity index (χ4n) is 7.46. The summed E-state index contributed by atoms with van der Waals surface area (Å²) in [5.74, 6) is 0. The molecule has 0 aliphatic carbocycles. The van der Waals surface area contributed by atoms with E-state index in [9.17, 15) is 15.8 Å². The van der Waals surface area contributed by atoms with Crippen LogP contribution in [0.25, 0.3) is 77.2 Å². The van der Waals surface area contributed by atoms with Gasteiger partial charge < -0.3 is 9.13 Å². The lowest BCUT2D eigenvalue weighted by atomic mass is 9.94. The molecular formula is C45H25N5. The molecule has 0 bridgehead atoms. The topological polar surface area (TPSA) is 81.2 Å². The third-order valence-corrected chi connectivity index (χ3v) is 9.63. The normalized spacial score (nSPS) is 11.1. The standard InChI is InChI=1S/C45H25N5/c46-26-29-19-21-43-38(23-29)37-14-3-6-17-42(37)50(43)44-18-8-11-33(27-47)45(44)32-10-7-9-30(24-32)31-20-22-39(34(25-31)28-48)49-40-15-4-1-12-35(40)36-13-2-5-16-41(36)49/h1-25H. The van der Waals surface area contributed by atoms with Crippen molar-refractivity contribution in [1.82, 2.24) is 9.13 Å². The lowest BCUT2D eigenvalue weighted by molar-refractivity contribution is 1.17. The largest absolute Gasteiger partial charge is 0.309 e. The van der Waals surface area contributed by atoms with Gasteiger partial charge in [0.15, 0.2) is 0 Å². The van der Waals surface area contributed by atoms with E-state index in [0.29, 0.717) is 16.7 Å². The SMILES string of the molecule is N#Cc1ccc2c(c1)c1ccccc1n2-c1cccc(C#N)c1-c1cccc(-c2ccc(-n3c4ccccc4c4ccccc43)c(C#N)c2)c1. The first-order valence-electron chi connectivity index (χ1n) is 16.3. The van der Waals surface area contributed by atoms with Crippen LogP contribution < -0.4 is 0 Å². The van der Waals surface area contributed by atoms with Crippen molar-refractivity contribution in [2.75, 3.05) is 0 Å². The Labute approximate surface area is 287 Å². The number of rotatable bonds is 4. The van der Waals surface area contributed by atoms with Crippen LogP contribution in [-0.4, -0.2) is 9.13 Å². The lowest BCUT2D eigenvalue weighted by Gasteiger charge is -2.16. The molecule has 0 amide bonds. The molecule has 0 unspecified atom stereocenters. The summed E-state index contributed by atoms with van der Waals surface area (Å²) < 4.78 is 4.35. The molecule has 0 aliphatic heterocycles. The van der Waals surface area contributed by atoms with E-state index in [0.717, 1.165) is 77.2 Å². The molecule has 9 rings (SSSR count). The average Bonchev–Trinajstić information content (AvgIpc) is 3.69. The van der Waals surface area contributed by atoms with E-state index in [-0.39, 0.29) is 0 Å². The molecule has 50 heavy (non-hydrogen) atoms. The van der Waals surface area contributed by atoms with Gasteiger partial charge in [0, 0.05) is 27.1 Å². The molecule has 0 atom stereocenters. The maximum absolute atomic E-state index is 10.5. The second-order valence-electron chi connectivity index (χ2n) is 12.3. The van der Waals surface area contributed by atoms with Crippen molar-refractivity contribution in [3.63, 3.8) is 0 Å². The number of fused-ring (bicyclic) bond motifs is 6. The van der Waals surface area contributed by atoms with Crippen LogP contribution in [0.15, 0.2) is 152 Å². The highest BCUT2D eigenvalue weighted by molar-refractivity contribution is 6.11. The molecule has 9 aromatic rings. The molecule has 0 saturated heterocycles. The number of nitrogens with zero attached hydrogens (tertiary/aromatic N) is 5. The molecular weight excluding hydrogens is 611 g/mol. The van der Waals surface area contributed by atoms with Gasteiger partial charge in [-0.3, -0.25) is 0 Å². The summed E-state index contributed by atoms with van der Waals surface area (Å²) in [6, 6.07) is 57.7. The van der Waals surface area contributed by atoms with Crippen LogP contribution in [-0.2, 0) is 0 Å². The highest BCUT2D eigenvalue weighted by Gasteiger charge is 2.20. The van der Waals surface area contributed by atoms with E-state index in [4.69, 9.17) is 0 Å². The molecule has 0 fully saturated rings. The number of hydrogen-bond donors (Lipinski definition) is 0. The van der Waals surface area contributed by atoms with Crippen LogP contribution in [0.5, 0.6) is 0 Å². The number of para-hydroxylation sites is 3. The predicted molar refractivity (Wildman–Crippen MR) is 200 cm³/mol. The predicted octanol–water partition coefficient (Wildman–Crippen LogP) is 10.8. The van der Waals surface area contributed by atoms with Gasteiger partial charge in [0.2, 0.25) is 0 Å². The quantitative estimate of drug-likeness (QED) is 0.193. The zero-order valence-electron chi connectivity index (χ0n) is 26.7. The van der Waals surface area contributed by atoms with Crippen molar-refractivity contribution >= 4 is 43.6 Å². The maximum Gasteiger partial charge on any atom is 0.101 e. The minimum atomic E-state index is 0.554. The third kappa shape index (κ3) is 4.31. The summed E-state index contributed by atoms with van der Waals surface area (Å²) in [7, 11) is 0. The molecule has 2 heterocycles. The van der Waals surface area contributed by atoms with Crippen molar-refractivity contribution in [2.45, 2.75) is 0 Å². The molecule has 5 nitrogen and oxygen atoms in total. The Morgan fingerprint density at radius 2 is 0.920 bits per heavy atom. The van der Waals surface area contributed by atoms with Crippen molar-refractivity contribution in [2.24, 2.45) is 0 Å². The second kappa shape index (κ2) is 11.4. The van der Waals surface area contributed by atoms with Gasteiger partial charge in [-0.1, -0.05) is 84.9 Å². The first kappa shape index (κ1) is 28.8. The Morgan fingerprint density at radius 3 is 1.58 bits per heavy atom. The fourth-order valence-corrected chi connectivity index (χ4v) is 7.46. The van der Waals surface area contributed by atoms with Crippen LogP contribution in [0.3, 0.4) is 0 Å². The molecule has 5 heteroatoms. The molecule has 2 aromatic heterocycles. The Morgan fingerprint density at radius 1 is 0.360 bits per heavy atom. The van der Waals surface area contributed by atoms with Crippen molar-refractivity contribution in [3.8, 4) is 51.8 Å². The number of nitriles is 3. The zero-order valence-corrected chi connectivity index (χ0v) is 26.7. The molecule has 0 N–H and O–H groups in total. The van der Waals surface area contributed by atoms with Crippen molar-refractivity contribution < 1.29 is 0 Å². The first-order chi connectivity index (χ1) is 24.7. The molecule has 0 radical (unpaired) electrons. The minimum absolute atomic E-state index is 0.554. The van der Waals surface area contributed by atoms with E-state index in [1.165, 1.54) is 0 Å². The molecule has 0 aliphatic rings. The first-order valence-corrected chi connectivity index (χ1v) is 16.3. The van der Waals surface area contributed by atoms with Crippen LogP contribution >= 0.6 is 0 Å².